The van der Waals surface area contributed by atoms with Crippen molar-refractivity contribution in [2.45, 2.75) is 13.0 Å². The third-order valence-electron chi connectivity index (χ3n) is 4.47. The quantitative estimate of drug-likeness (QED) is 0.923. The summed E-state index contributed by atoms with van der Waals surface area (Å²) in [6.07, 6.45) is 0. The maximum atomic E-state index is 12.4. The molecule has 5 heteroatoms. The molecule has 0 aliphatic carbocycles. The number of halogens is 1. The predicted octanol–water partition coefficient (Wildman–Crippen LogP) is 3.49. The molecule has 1 aliphatic heterocycles. The number of benzene rings is 2. The van der Waals surface area contributed by atoms with Crippen molar-refractivity contribution in [3.05, 3.63) is 59.6 Å². The van der Waals surface area contributed by atoms with Crippen LogP contribution in [0.2, 0.25) is 5.02 Å². The van der Waals surface area contributed by atoms with Crippen molar-refractivity contribution in [1.29, 1.82) is 0 Å². The Morgan fingerprint density at radius 3 is 2.25 bits per heavy atom. The molecule has 1 heterocycles. The summed E-state index contributed by atoms with van der Waals surface area (Å²) in [6.45, 7) is 5.52. The molecule has 0 bridgehead atoms. The van der Waals surface area contributed by atoms with E-state index in [1.165, 1.54) is 5.69 Å². The normalized spacial score (nSPS) is 16.7. The molecule has 1 amide bonds. The summed E-state index contributed by atoms with van der Waals surface area (Å²) in [4.78, 5) is 17.0. The summed E-state index contributed by atoms with van der Waals surface area (Å²) >= 11 is 5.95. The third-order valence-corrected chi connectivity index (χ3v) is 4.73. The zero-order valence-corrected chi connectivity index (χ0v) is 14.5. The van der Waals surface area contributed by atoms with Gasteiger partial charge < -0.3 is 10.2 Å². The SMILES string of the molecule is C[C@H](C(=O)Nc1ccccc1)N1CCN(c2ccc(Cl)cc2)CC1. The van der Waals surface area contributed by atoms with Gasteiger partial charge in [0.1, 0.15) is 0 Å². The number of hydrogen-bond acceptors (Lipinski definition) is 3. The van der Waals surface area contributed by atoms with Gasteiger partial charge in [-0.05, 0) is 43.3 Å². The van der Waals surface area contributed by atoms with E-state index in [1.807, 2.05) is 61.5 Å². The Kier molecular flexibility index (Phi) is 5.38. The highest BCUT2D eigenvalue weighted by Crippen LogP contribution is 2.20. The van der Waals surface area contributed by atoms with Crippen molar-refractivity contribution in [2.75, 3.05) is 36.4 Å². The Labute approximate surface area is 148 Å². The van der Waals surface area contributed by atoms with Gasteiger partial charge in [-0.3, -0.25) is 9.69 Å². The lowest BCUT2D eigenvalue weighted by molar-refractivity contribution is -0.120. The van der Waals surface area contributed by atoms with Crippen LogP contribution < -0.4 is 10.2 Å². The van der Waals surface area contributed by atoms with Gasteiger partial charge in [0.05, 0.1) is 6.04 Å². The summed E-state index contributed by atoms with van der Waals surface area (Å²) in [7, 11) is 0. The van der Waals surface area contributed by atoms with Crippen LogP contribution in [0.25, 0.3) is 0 Å². The second kappa shape index (κ2) is 7.69. The van der Waals surface area contributed by atoms with Crippen LogP contribution in [0.4, 0.5) is 11.4 Å². The van der Waals surface area contributed by atoms with Crippen LogP contribution in [0.5, 0.6) is 0 Å². The Morgan fingerprint density at radius 1 is 1.00 bits per heavy atom. The van der Waals surface area contributed by atoms with Crippen molar-refractivity contribution >= 4 is 28.9 Å². The number of carbonyl (C=O) groups excluding carboxylic acids is 1. The lowest BCUT2D eigenvalue weighted by atomic mass is 10.2. The van der Waals surface area contributed by atoms with E-state index in [0.29, 0.717) is 0 Å². The van der Waals surface area contributed by atoms with E-state index < -0.39 is 0 Å². The number of nitrogens with zero attached hydrogens (tertiary/aromatic N) is 2. The first kappa shape index (κ1) is 16.8. The maximum absolute atomic E-state index is 12.4. The molecule has 0 spiro atoms. The number of carbonyl (C=O) groups is 1. The van der Waals surface area contributed by atoms with E-state index in [-0.39, 0.29) is 11.9 Å². The molecule has 0 saturated carbocycles. The summed E-state index contributed by atoms with van der Waals surface area (Å²) in [5.41, 5.74) is 2.02. The van der Waals surface area contributed by atoms with Crippen molar-refractivity contribution in [1.82, 2.24) is 4.90 Å². The van der Waals surface area contributed by atoms with Crippen molar-refractivity contribution in [2.24, 2.45) is 0 Å². The number of hydrogen-bond donors (Lipinski definition) is 1. The molecular formula is C19H22ClN3O. The molecule has 126 valence electrons. The number of nitrogens with one attached hydrogen (secondary N) is 1. The Bertz CT molecular complexity index is 667. The molecule has 4 nitrogen and oxygen atoms in total. The van der Waals surface area contributed by atoms with Crippen LogP contribution in [0, 0.1) is 0 Å². The molecule has 0 radical (unpaired) electrons. The molecule has 0 aromatic heterocycles. The number of rotatable bonds is 4. The Balaban J connectivity index is 1.54. The molecular weight excluding hydrogens is 322 g/mol. The maximum Gasteiger partial charge on any atom is 0.241 e. The second-order valence-electron chi connectivity index (χ2n) is 6.03. The van der Waals surface area contributed by atoms with E-state index in [0.717, 1.165) is 36.9 Å². The summed E-state index contributed by atoms with van der Waals surface area (Å²) in [6, 6.07) is 17.4. The smallest absolute Gasteiger partial charge is 0.241 e. The van der Waals surface area contributed by atoms with E-state index in [1.54, 1.807) is 0 Å². The fourth-order valence-corrected chi connectivity index (χ4v) is 3.08. The van der Waals surface area contributed by atoms with Crippen LogP contribution >= 0.6 is 11.6 Å². The minimum Gasteiger partial charge on any atom is -0.369 e. The molecule has 1 aliphatic rings. The van der Waals surface area contributed by atoms with E-state index in [2.05, 4.69) is 15.1 Å². The van der Waals surface area contributed by atoms with Crippen LogP contribution in [0.15, 0.2) is 54.6 Å². The van der Waals surface area contributed by atoms with Gasteiger partial charge in [-0.2, -0.15) is 0 Å². The number of anilines is 2. The lowest BCUT2D eigenvalue weighted by Crippen LogP contribution is -2.52. The van der Waals surface area contributed by atoms with Crippen LogP contribution in [0.1, 0.15) is 6.92 Å². The van der Waals surface area contributed by atoms with Crippen LogP contribution in [-0.2, 0) is 4.79 Å². The van der Waals surface area contributed by atoms with Crippen molar-refractivity contribution < 1.29 is 4.79 Å². The second-order valence-corrected chi connectivity index (χ2v) is 6.47. The minimum atomic E-state index is -0.141. The Morgan fingerprint density at radius 2 is 1.62 bits per heavy atom. The monoisotopic (exact) mass is 343 g/mol. The molecule has 24 heavy (non-hydrogen) atoms. The van der Waals surface area contributed by atoms with Crippen molar-refractivity contribution in [3.63, 3.8) is 0 Å². The summed E-state index contributed by atoms with van der Waals surface area (Å²) < 4.78 is 0. The zero-order valence-electron chi connectivity index (χ0n) is 13.8. The van der Waals surface area contributed by atoms with Gasteiger partial charge in [0.2, 0.25) is 5.91 Å². The highest BCUT2D eigenvalue weighted by molar-refractivity contribution is 6.30. The molecule has 0 unspecified atom stereocenters. The number of para-hydroxylation sites is 1. The number of piperazine rings is 1. The summed E-state index contributed by atoms with van der Waals surface area (Å²) in [5.74, 6) is 0.0427. The predicted molar refractivity (Wildman–Crippen MR) is 99.8 cm³/mol. The highest BCUT2D eigenvalue weighted by atomic mass is 35.5. The summed E-state index contributed by atoms with van der Waals surface area (Å²) in [5, 5.41) is 3.73. The fourth-order valence-electron chi connectivity index (χ4n) is 2.95. The third kappa shape index (κ3) is 4.08. The number of amides is 1. The fraction of sp³-hybridized carbons (Fsp3) is 0.316. The van der Waals surface area contributed by atoms with Gasteiger partial charge in [0.15, 0.2) is 0 Å². The van der Waals surface area contributed by atoms with Crippen LogP contribution in [-0.4, -0.2) is 43.0 Å². The molecule has 2 aromatic carbocycles. The zero-order chi connectivity index (χ0) is 16.9. The molecule has 1 atom stereocenters. The first-order chi connectivity index (χ1) is 11.6. The average molecular weight is 344 g/mol. The first-order valence-electron chi connectivity index (χ1n) is 8.24. The van der Waals surface area contributed by atoms with Gasteiger partial charge >= 0.3 is 0 Å². The van der Waals surface area contributed by atoms with E-state index in [4.69, 9.17) is 11.6 Å². The van der Waals surface area contributed by atoms with Gasteiger partial charge in [0, 0.05) is 42.6 Å². The molecule has 2 aromatic rings. The van der Waals surface area contributed by atoms with E-state index >= 15 is 0 Å². The standard InChI is InChI=1S/C19H22ClN3O/c1-15(19(24)21-17-5-3-2-4-6-17)22-11-13-23(14-12-22)18-9-7-16(20)8-10-18/h2-10,15H,11-14H2,1H3,(H,21,24)/t15-/m1/s1. The topological polar surface area (TPSA) is 35.6 Å². The molecule has 1 fully saturated rings. The first-order valence-corrected chi connectivity index (χ1v) is 8.62. The lowest BCUT2D eigenvalue weighted by Gasteiger charge is -2.38. The average Bonchev–Trinajstić information content (AvgIpc) is 2.63. The van der Waals surface area contributed by atoms with Gasteiger partial charge in [-0.15, -0.1) is 0 Å². The van der Waals surface area contributed by atoms with Gasteiger partial charge in [0.25, 0.3) is 0 Å². The molecule has 1 N–H and O–H groups in total. The largest absolute Gasteiger partial charge is 0.369 e. The minimum absolute atomic E-state index is 0.0427. The highest BCUT2D eigenvalue weighted by Gasteiger charge is 2.25. The molecule has 1 saturated heterocycles. The molecule has 3 rings (SSSR count). The van der Waals surface area contributed by atoms with Crippen molar-refractivity contribution in [3.8, 4) is 0 Å². The van der Waals surface area contributed by atoms with Gasteiger partial charge in [-0.1, -0.05) is 29.8 Å². The van der Waals surface area contributed by atoms with Gasteiger partial charge in [-0.25, -0.2) is 0 Å². The Hall–Kier alpha value is -2.04. The van der Waals surface area contributed by atoms with E-state index in [9.17, 15) is 4.79 Å². The van der Waals surface area contributed by atoms with Crippen LogP contribution in [0.3, 0.4) is 0 Å².